The fraction of sp³-hybridized carbons (Fsp3) is 0.188. The Morgan fingerprint density at radius 2 is 1.84 bits per heavy atom. The zero-order valence-corrected chi connectivity index (χ0v) is 12.4. The Morgan fingerprint density at radius 1 is 1.11 bits per heavy atom. The van der Waals surface area contributed by atoms with Crippen LogP contribution in [0.15, 0.2) is 51.4 Å². The molecule has 0 aliphatic rings. The summed E-state index contributed by atoms with van der Waals surface area (Å²) < 4.78 is 6.82. The van der Waals surface area contributed by atoms with Gasteiger partial charge in [-0.1, -0.05) is 32.0 Å². The lowest BCUT2D eigenvalue weighted by Crippen LogP contribution is -1.87. The molecule has 96 valence electrons. The van der Waals surface area contributed by atoms with Crippen molar-refractivity contribution < 1.29 is 4.42 Å². The lowest BCUT2D eigenvalue weighted by atomic mass is 10.0. The molecule has 0 atom stereocenters. The van der Waals surface area contributed by atoms with Gasteiger partial charge in [0.25, 0.3) is 0 Å². The van der Waals surface area contributed by atoms with E-state index in [2.05, 4.69) is 46.9 Å². The Bertz CT molecular complexity index is 716. The molecule has 0 radical (unpaired) electrons. The highest BCUT2D eigenvalue weighted by atomic mass is 79.9. The largest absolute Gasteiger partial charge is 0.435 e. The van der Waals surface area contributed by atoms with Crippen LogP contribution in [0.2, 0.25) is 0 Å². The molecule has 3 aromatic rings. The van der Waals surface area contributed by atoms with Gasteiger partial charge in [0.15, 0.2) is 5.58 Å². The van der Waals surface area contributed by atoms with Crippen molar-refractivity contribution >= 4 is 27.0 Å². The normalized spacial score (nSPS) is 11.4. The molecule has 0 unspecified atom stereocenters. The third kappa shape index (κ3) is 2.30. The lowest BCUT2D eigenvalue weighted by Gasteiger charge is -2.04. The first kappa shape index (κ1) is 12.4. The lowest BCUT2D eigenvalue weighted by molar-refractivity contribution is 0.618. The summed E-state index contributed by atoms with van der Waals surface area (Å²) in [6, 6.07) is 14.2. The van der Waals surface area contributed by atoms with E-state index in [1.54, 1.807) is 0 Å². The van der Waals surface area contributed by atoms with Crippen LogP contribution in [0.25, 0.3) is 22.6 Å². The number of fused-ring (bicyclic) bond motifs is 1. The van der Waals surface area contributed by atoms with E-state index in [1.807, 2.05) is 30.3 Å². The van der Waals surface area contributed by atoms with Gasteiger partial charge >= 0.3 is 0 Å². The van der Waals surface area contributed by atoms with Crippen LogP contribution in [0.1, 0.15) is 25.3 Å². The standard InChI is InChI=1S/C16H14BrNO/c1-10(2)12-8-13(17)15-14(9-12)18-16(19-15)11-6-4-3-5-7-11/h3-10H,1-2H3. The highest BCUT2D eigenvalue weighted by Gasteiger charge is 2.13. The first-order chi connectivity index (χ1) is 9.15. The first-order valence-electron chi connectivity index (χ1n) is 6.30. The van der Waals surface area contributed by atoms with Crippen LogP contribution in [-0.4, -0.2) is 4.98 Å². The van der Waals surface area contributed by atoms with Gasteiger partial charge in [0.05, 0.1) is 4.47 Å². The molecule has 0 amide bonds. The van der Waals surface area contributed by atoms with Crippen LogP contribution in [0.5, 0.6) is 0 Å². The highest BCUT2D eigenvalue weighted by Crippen LogP contribution is 2.32. The van der Waals surface area contributed by atoms with Gasteiger partial charge in [-0.2, -0.15) is 0 Å². The third-order valence-corrected chi connectivity index (χ3v) is 3.74. The molecule has 19 heavy (non-hydrogen) atoms. The van der Waals surface area contributed by atoms with Crippen LogP contribution in [0.3, 0.4) is 0 Å². The Morgan fingerprint density at radius 3 is 2.53 bits per heavy atom. The molecule has 0 saturated heterocycles. The summed E-state index contributed by atoms with van der Waals surface area (Å²) in [4.78, 5) is 4.59. The minimum absolute atomic E-state index is 0.470. The summed E-state index contributed by atoms with van der Waals surface area (Å²) in [6.45, 7) is 4.34. The topological polar surface area (TPSA) is 26.0 Å². The second-order valence-corrected chi connectivity index (χ2v) is 5.75. The predicted octanol–water partition coefficient (Wildman–Crippen LogP) is 5.38. The minimum atomic E-state index is 0.470. The van der Waals surface area contributed by atoms with E-state index in [0.29, 0.717) is 11.8 Å². The van der Waals surface area contributed by atoms with Crippen molar-refractivity contribution in [2.24, 2.45) is 0 Å². The SMILES string of the molecule is CC(C)c1cc(Br)c2oc(-c3ccccc3)nc2c1. The second kappa shape index (κ2) is 4.82. The first-order valence-corrected chi connectivity index (χ1v) is 7.10. The number of rotatable bonds is 2. The Kier molecular flexibility index (Phi) is 3.15. The number of aromatic nitrogens is 1. The Balaban J connectivity index is 2.18. The summed E-state index contributed by atoms with van der Waals surface area (Å²) >= 11 is 3.57. The van der Waals surface area contributed by atoms with Crippen molar-refractivity contribution in [1.29, 1.82) is 0 Å². The van der Waals surface area contributed by atoms with Gasteiger partial charge in [-0.25, -0.2) is 4.98 Å². The van der Waals surface area contributed by atoms with E-state index in [9.17, 15) is 0 Å². The van der Waals surface area contributed by atoms with Crippen LogP contribution >= 0.6 is 15.9 Å². The number of nitrogens with zero attached hydrogens (tertiary/aromatic N) is 1. The molecule has 0 saturated carbocycles. The molecule has 0 spiro atoms. The van der Waals surface area contributed by atoms with Gasteiger partial charge in [0.2, 0.25) is 5.89 Å². The van der Waals surface area contributed by atoms with Gasteiger partial charge in [-0.3, -0.25) is 0 Å². The monoisotopic (exact) mass is 315 g/mol. The van der Waals surface area contributed by atoms with E-state index in [0.717, 1.165) is 21.1 Å². The molecule has 1 aromatic heterocycles. The molecule has 2 aromatic carbocycles. The molecule has 0 aliphatic heterocycles. The van der Waals surface area contributed by atoms with Crippen molar-refractivity contribution in [3.63, 3.8) is 0 Å². The van der Waals surface area contributed by atoms with Crippen LogP contribution in [0, 0.1) is 0 Å². The van der Waals surface area contributed by atoms with Gasteiger partial charge in [0, 0.05) is 5.56 Å². The molecule has 0 N–H and O–H groups in total. The van der Waals surface area contributed by atoms with E-state index < -0.39 is 0 Å². The van der Waals surface area contributed by atoms with E-state index in [-0.39, 0.29) is 0 Å². The summed E-state index contributed by atoms with van der Waals surface area (Å²) in [5, 5.41) is 0. The van der Waals surface area contributed by atoms with Crippen LogP contribution in [-0.2, 0) is 0 Å². The molecular weight excluding hydrogens is 302 g/mol. The molecule has 0 bridgehead atoms. The van der Waals surface area contributed by atoms with Crippen molar-refractivity contribution in [2.75, 3.05) is 0 Å². The summed E-state index contributed by atoms with van der Waals surface area (Å²) in [6.07, 6.45) is 0. The number of hydrogen-bond donors (Lipinski definition) is 0. The van der Waals surface area contributed by atoms with Crippen LogP contribution < -0.4 is 0 Å². The van der Waals surface area contributed by atoms with E-state index in [1.165, 1.54) is 5.56 Å². The van der Waals surface area contributed by atoms with Gasteiger partial charge in [-0.05, 0) is 51.7 Å². The fourth-order valence-corrected chi connectivity index (χ4v) is 2.60. The van der Waals surface area contributed by atoms with Gasteiger partial charge in [0.1, 0.15) is 5.52 Å². The van der Waals surface area contributed by atoms with Gasteiger partial charge in [-0.15, -0.1) is 0 Å². The number of oxazole rings is 1. The third-order valence-electron chi connectivity index (χ3n) is 3.15. The average molecular weight is 316 g/mol. The van der Waals surface area contributed by atoms with Crippen LogP contribution in [0.4, 0.5) is 0 Å². The zero-order valence-electron chi connectivity index (χ0n) is 10.9. The molecular formula is C16H14BrNO. The number of hydrogen-bond acceptors (Lipinski definition) is 2. The molecule has 1 heterocycles. The maximum Gasteiger partial charge on any atom is 0.227 e. The summed E-state index contributed by atoms with van der Waals surface area (Å²) in [5.41, 5.74) is 3.96. The van der Waals surface area contributed by atoms with E-state index >= 15 is 0 Å². The van der Waals surface area contributed by atoms with Crippen molar-refractivity contribution in [3.05, 3.63) is 52.5 Å². The molecule has 0 aliphatic carbocycles. The summed E-state index contributed by atoms with van der Waals surface area (Å²) in [5.74, 6) is 1.13. The number of halogens is 1. The average Bonchev–Trinajstić information content (AvgIpc) is 2.84. The minimum Gasteiger partial charge on any atom is -0.435 e. The fourth-order valence-electron chi connectivity index (χ4n) is 2.05. The molecule has 2 nitrogen and oxygen atoms in total. The predicted molar refractivity (Wildman–Crippen MR) is 81.2 cm³/mol. The second-order valence-electron chi connectivity index (χ2n) is 4.89. The Hall–Kier alpha value is -1.61. The van der Waals surface area contributed by atoms with Crippen molar-refractivity contribution in [1.82, 2.24) is 4.98 Å². The Labute approximate surface area is 120 Å². The smallest absolute Gasteiger partial charge is 0.227 e. The number of benzene rings is 2. The van der Waals surface area contributed by atoms with Crippen molar-refractivity contribution in [2.45, 2.75) is 19.8 Å². The maximum atomic E-state index is 5.86. The molecule has 3 rings (SSSR count). The highest BCUT2D eigenvalue weighted by molar-refractivity contribution is 9.10. The van der Waals surface area contributed by atoms with Crippen molar-refractivity contribution in [3.8, 4) is 11.5 Å². The maximum absolute atomic E-state index is 5.86. The molecule has 3 heteroatoms. The quantitative estimate of drug-likeness (QED) is 0.634. The zero-order chi connectivity index (χ0) is 13.4. The van der Waals surface area contributed by atoms with Gasteiger partial charge < -0.3 is 4.42 Å². The summed E-state index contributed by atoms with van der Waals surface area (Å²) in [7, 11) is 0. The molecule has 0 fully saturated rings. The van der Waals surface area contributed by atoms with E-state index in [4.69, 9.17) is 4.42 Å².